The van der Waals surface area contributed by atoms with Crippen LogP contribution in [-0.4, -0.2) is 30.1 Å². The van der Waals surface area contributed by atoms with E-state index in [1.807, 2.05) is 6.07 Å². The molecule has 0 unspecified atom stereocenters. The predicted octanol–water partition coefficient (Wildman–Crippen LogP) is 4.22. The number of unbranched alkanes of at least 4 members (excludes halogenated alkanes) is 1. The average Bonchev–Trinajstić information content (AvgIpc) is 3.31. The highest BCUT2D eigenvalue weighted by Gasteiger charge is 2.18. The number of aromatic nitrogens is 1. The lowest BCUT2D eigenvalue weighted by Gasteiger charge is -2.04. The summed E-state index contributed by atoms with van der Waals surface area (Å²) in [5.41, 5.74) is 3.94. The number of aromatic amines is 1. The van der Waals surface area contributed by atoms with Crippen LogP contribution >= 0.6 is 11.6 Å². The third kappa shape index (κ3) is 5.01. The monoisotopic (exact) mass is 377 g/mol. The molecule has 1 N–H and O–H groups in total. The van der Waals surface area contributed by atoms with E-state index < -0.39 is 0 Å². The number of H-pyrrole nitrogens is 1. The number of hydrogen-bond donors (Lipinski definition) is 1. The molecule has 26 heavy (non-hydrogen) atoms. The van der Waals surface area contributed by atoms with E-state index in [2.05, 4.69) is 4.98 Å². The van der Waals surface area contributed by atoms with Gasteiger partial charge in [-0.25, -0.2) is 9.59 Å². The van der Waals surface area contributed by atoms with Crippen molar-refractivity contribution in [2.24, 2.45) is 0 Å². The molecule has 2 aliphatic carbocycles. The molecule has 2 aliphatic rings. The Balaban J connectivity index is 1.27. The van der Waals surface area contributed by atoms with E-state index in [4.69, 9.17) is 21.1 Å². The fraction of sp³-hybridized carbons (Fsp3) is 0.500. The van der Waals surface area contributed by atoms with Crippen LogP contribution in [-0.2, 0) is 27.1 Å². The first-order valence-electron chi connectivity index (χ1n) is 9.24. The van der Waals surface area contributed by atoms with Gasteiger partial charge in [-0.1, -0.05) is 17.7 Å². The van der Waals surface area contributed by atoms with Crippen LogP contribution in [0.2, 0.25) is 0 Å². The molecule has 1 heterocycles. The third-order valence-electron chi connectivity index (χ3n) is 4.71. The smallest absolute Gasteiger partial charge is 0.354 e. The summed E-state index contributed by atoms with van der Waals surface area (Å²) in [7, 11) is 0. The summed E-state index contributed by atoms with van der Waals surface area (Å²) < 4.78 is 10.4. The lowest BCUT2D eigenvalue weighted by molar-refractivity contribution is -0.137. The van der Waals surface area contributed by atoms with E-state index in [0.717, 1.165) is 54.8 Å². The molecule has 0 radical (unpaired) electrons. The largest absolute Gasteiger partial charge is 0.463 e. The summed E-state index contributed by atoms with van der Waals surface area (Å²) >= 11 is 6.05. The Kier molecular flexibility index (Phi) is 6.56. The van der Waals surface area contributed by atoms with Gasteiger partial charge < -0.3 is 14.5 Å². The van der Waals surface area contributed by atoms with Crippen LogP contribution in [0.4, 0.5) is 0 Å². The van der Waals surface area contributed by atoms with Gasteiger partial charge >= 0.3 is 11.9 Å². The number of nitrogens with one attached hydrogen (secondary N) is 1. The molecule has 0 bridgehead atoms. The van der Waals surface area contributed by atoms with E-state index >= 15 is 0 Å². The normalized spacial score (nSPS) is 16.3. The summed E-state index contributed by atoms with van der Waals surface area (Å²) in [6, 6.07) is 1.89. The number of hydrogen-bond acceptors (Lipinski definition) is 4. The number of rotatable bonds is 8. The number of ether oxygens (including phenoxy) is 2. The first-order chi connectivity index (χ1) is 12.6. The highest BCUT2D eigenvalue weighted by Crippen LogP contribution is 2.29. The molecular formula is C20H24ClNO4. The van der Waals surface area contributed by atoms with Gasteiger partial charge in [0.1, 0.15) is 5.69 Å². The predicted molar refractivity (Wildman–Crippen MR) is 99.2 cm³/mol. The molecule has 0 saturated heterocycles. The van der Waals surface area contributed by atoms with E-state index in [1.54, 1.807) is 6.08 Å². The number of halogens is 1. The highest BCUT2D eigenvalue weighted by atomic mass is 35.5. The molecule has 3 rings (SSSR count). The van der Waals surface area contributed by atoms with Crippen molar-refractivity contribution in [3.8, 4) is 0 Å². The first-order valence-corrected chi connectivity index (χ1v) is 9.61. The molecule has 0 spiro atoms. The number of fused-ring (bicyclic) bond motifs is 1. The minimum atomic E-state index is -0.369. The van der Waals surface area contributed by atoms with Crippen LogP contribution in [0.15, 0.2) is 28.8 Å². The van der Waals surface area contributed by atoms with Crippen LogP contribution in [0.5, 0.6) is 0 Å². The third-order valence-corrected chi connectivity index (χ3v) is 5.14. The molecule has 0 fully saturated rings. The second-order valence-corrected chi connectivity index (χ2v) is 7.12. The second kappa shape index (κ2) is 9.08. The van der Waals surface area contributed by atoms with E-state index in [9.17, 15) is 9.59 Å². The summed E-state index contributed by atoms with van der Waals surface area (Å²) in [5.74, 6) is -0.687. The molecule has 140 valence electrons. The molecule has 1 aromatic rings. The Morgan fingerprint density at radius 3 is 2.58 bits per heavy atom. The van der Waals surface area contributed by atoms with Crippen molar-refractivity contribution < 1.29 is 19.1 Å². The van der Waals surface area contributed by atoms with Crippen molar-refractivity contribution in [1.82, 2.24) is 4.98 Å². The van der Waals surface area contributed by atoms with Crippen LogP contribution in [0.1, 0.15) is 60.3 Å². The Morgan fingerprint density at radius 1 is 1.08 bits per heavy atom. The summed E-state index contributed by atoms with van der Waals surface area (Å²) in [6.45, 7) is 0.628. The molecule has 5 nitrogen and oxygen atoms in total. The Hall–Kier alpha value is -2.01. The molecule has 1 aromatic heterocycles. The van der Waals surface area contributed by atoms with Gasteiger partial charge in [0, 0.05) is 16.8 Å². The van der Waals surface area contributed by atoms with Gasteiger partial charge in [0.05, 0.1) is 13.2 Å². The van der Waals surface area contributed by atoms with Crippen LogP contribution < -0.4 is 0 Å². The van der Waals surface area contributed by atoms with Crippen molar-refractivity contribution in [2.45, 2.75) is 51.4 Å². The number of carbonyl (C=O) groups is 2. The highest BCUT2D eigenvalue weighted by molar-refractivity contribution is 6.30. The van der Waals surface area contributed by atoms with Gasteiger partial charge in [-0.3, -0.25) is 0 Å². The van der Waals surface area contributed by atoms with E-state index in [0.29, 0.717) is 31.7 Å². The summed E-state index contributed by atoms with van der Waals surface area (Å²) in [4.78, 5) is 26.7. The maximum atomic E-state index is 12.0. The van der Waals surface area contributed by atoms with Gasteiger partial charge in [0.2, 0.25) is 0 Å². The minimum Gasteiger partial charge on any atom is -0.463 e. The molecule has 0 amide bonds. The van der Waals surface area contributed by atoms with E-state index in [-0.39, 0.29) is 11.9 Å². The number of esters is 2. The van der Waals surface area contributed by atoms with Gasteiger partial charge in [0.15, 0.2) is 0 Å². The fourth-order valence-electron chi connectivity index (χ4n) is 3.29. The molecule has 0 atom stereocenters. The van der Waals surface area contributed by atoms with Crippen molar-refractivity contribution in [3.05, 3.63) is 45.8 Å². The SMILES string of the molecule is O=C(/C=C/C1=C(Cl)CCC1)OCCCCOC(=O)c1cc2c([nH]1)CCC2. The maximum absolute atomic E-state index is 12.0. The second-order valence-electron chi connectivity index (χ2n) is 6.67. The van der Waals surface area contributed by atoms with E-state index in [1.165, 1.54) is 11.6 Å². The maximum Gasteiger partial charge on any atom is 0.354 e. The quantitative estimate of drug-likeness (QED) is 0.418. The summed E-state index contributed by atoms with van der Waals surface area (Å²) in [6.07, 6.45) is 10.5. The number of allylic oxidation sites excluding steroid dienone is 3. The molecular weight excluding hydrogens is 354 g/mol. The topological polar surface area (TPSA) is 68.4 Å². The number of carbonyl (C=O) groups excluding carboxylic acids is 2. The van der Waals surface area contributed by atoms with Crippen molar-refractivity contribution in [2.75, 3.05) is 13.2 Å². The van der Waals surface area contributed by atoms with Crippen LogP contribution in [0, 0.1) is 0 Å². The summed E-state index contributed by atoms with van der Waals surface area (Å²) in [5, 5.41) is 0.836. The Labute approximate surface area is 158 Å². The zero-order valence-electron chi connectivity index (χ0n) is 14.8. The van der Waals surface area contributed by atoms with Gasteiger partial charge in [-0.15, -0.1) is 0 Å². The van der Waals surface area contributed by atoms with Crippen LogP contribution in [0.25, 0.3) is 0 Å². The molecule has 0 saturated carbocycles. The zero-order valence-corrected chi connectivity index (χ0v) is 15.6. The van der Waals surface area contributed by atoms with Gasteiger partial charge in [-0.05, 0) is 68.6 Å². The van der Waals surface area contributed by atoms with Gasteiger partial charge in [-0.2, -0.15) is 0 Å². The lowest BCUT2D eigenvalue weighted by Crippen LogP contribution is -2.08. The van der Waals surface area contributed by atoms with Crippen molar-refractivity contribution in [1.29, 1.82) is 0 Å². The van der Waals surface area contributed by atoms with Crippen molar-refractivity contribution in [3.63, 3.8) is 0 Å². The Bertz CT molecular complexity index is 711. The molecule has 0 aliphatic heterocycles. The Morgan fingerprint density at radius 2 is 1.85 bits per heavy atom. The number of aryl methyl sites for hydroxylation is 2. The van der Waals surface area contributed by atoms with Gasteiger partial charge in [0.25, 0.3) is 0 Å². The first kappa shape index (κ1) is 18.8. The lowest BCUT2D eigenvalue weighted by atomic mass is 10.2. The fourth-order valence-corrected chi connectivity index (χ4v) is 3.58. The molecule has 0 aromatic carbocycles. The average molecular weight is 378 g/mol. The zero-order chi connectivity index (χ0) is 18.4. The standard InChI is InChI=1S/C20H24ClNO4/c21-16-7-3-5-14(16)9-10-19(23)25-11-1-2-12-26-20(24)18-13-15-6-4-8-17(15)22-18/h9-10,13,22H,1-8,11-12H2/b10-9+. The van der Waals surface area contributed by atoms with Crippen molar-refractivity contribution >= 4 is 23.5 Å². The minimum absolute atomic E-state index is 0.310. The van der Waals surface area contributed by atoms with Crippen LogP contribution in [0.3, 0.4) is 0 Å². The molecule has 6 heteroatoms.